The molecule has 10 heteroatoms. The van der Waals surface area contributed by atoms with Crippen molar-refractivity contribution >= 4 is 17.4 Å². The summed E-state index contributed by atoms with van der Waals surface area (Å²) in [5.41, 5.74) is -0.527. The number of nitro benzene ring substituents is 1. The van der Waals surface area contributed by atoms with Crippen LogP contribution < -0.4 is 0 Å². The highest BCUT2D eigenvalue weighted by Gasteiger charge is 2.31. The Morgan fingerprint density at radius 1 is 1.20 bits per heavy atom. The summed E-state index contributed by atoms with van der Waals surface area (Å²) in [5, 5.41) is 11.3. The molecule has 1 aliphatic heterocycles. The third kappa shape index (κ3) is 4.09. The Kier molecular flexibility index (Phi) is 4.93. The molecule has 2 aromatic rings. The van der Waals surface area contributed by atoms with Crippen molar-refractivity contribution in [1.29, 1.82) is 0 Å². The SMILES string of the molecule is O=[N+]([O-])c1ccc(Sc2ccc(C(F)(F)F)cn2)c(C2OCCO2)c1. The summed E-state index contributed by atoms with van der Waals surface area (Å²) in [6.45, 7) is 0.714. The van der Waals surface area contributed by atoms with E-state index in [9.17, 15) is 23.3 Å². The lowest BCUT2D eigenvalue weighted by Crippen LogP contribution is -2.05. The van der Waals surface area contributed by atoms with Crippen LogP contribution in [0.5, 0.6) is 0 Å². The van der Waals surface area contributed by atoms with Crippen molar-refractivity contribution in [1.82, 2.24) is 4.98 Å². The lowest BCUT2D eigenvalue weighted by molar-refractivity contribution is -0.385. The van der Waals surface area contributed by atoms with E-state index in [0.29, 0.717) is 28.7 Å². The summed E-state index contributed by atoms with van der Waals surface area (Å²) in [5.74, 6) is 0. The molecule has 1 aliphatic rings. The van der Waals surface area contributed by atoms with E-state index in [1.54, 1.807) is 0 Å². The van der Waals surface area contributed by atoms with Crippen LogP contribution in [0.1, 0.15) is 17.4 Å². The molecule has 0 saturated carbocycles. The van der Waals surface area contributed by atoms with Crippen molar-refractivity contribution in [2.75, 3.05) is 13.2 Å². The molecule has 0 unspecified atom stereocenters. The molecule has 0 aliphatic carbocycles. The maximum atomic E-state index is 12.6. The molecule has 1 aromatic heterocycles. The van der Waals surface area contributed by atoms with Gasteiger partial charge in [0.25, 0.3) is 5.69 Å². The van der Waals surface area contributed by atoms with Crippen LogP contribution in [0.25, 0.3) is 0 Å². The van der Waals surface area contributed by atoms with Gasteiger partial charge in [0, 0.05) is 28.8 Å². The van der Waals surface area contributed by atoms with E-state index < -0.39 is 23.0 Å². The molecular formula is C15H11F3N2O4S. The van der Waals surface area contributed by atoms with Crippen LogP contribution in [-0.2, 0) is 15.7 Å². The summed E-state index contributed by atoms with van der Waals surface area (Å²) in [6.07, 6.45) is -4.47. The second kappa shape index (κ2) is 6.98. The maximum Gasteiger partial charge on any atom is 0.417 e. The zero-order valence-corrected chi connectivity index (χ0v) is 13.3. The lowest BCUT2D eigenvalue weighted by Gasteiger charge is -2.14. The van der Waals surface area contributed by atoms with E-state index in [0.717, 1.165) is 24.0 Å². The Morgan fingerprint density at radius 2 is 1.92 bits per heavy atom. The third-order valence-corrected chi connectivity index (χ3v) is 4.40. The molecule has 1 saturated heterocycles. The summed E-state index contributed by atoms with van der Waals surface area (Å²) >= 11 is 1.08. The number of rotatable bonds is 4. The van der Waals surface area contributed by atoms with Gasteiger partial charge < -0.3 is 9.47 Å². The predicted octanol–water partition coefficient (Wildman–Crippen LogP) is 4.21. The van der Waals surface area contributed by atoms with E-state index in [2.05, 4.69) is 4.98 Å². The van der Waals surface area contributed by atoms with Gasteiger partial charge in [0.1, 0.15) is 5.03 Å². The number of aromatic nitrogens is 1. The van der Waals surface area contributed by atoms with Crippen molar-refractivity contribution in [3.8, 4) is 0 Å². The Morgan fingerprint density at radius 3 is 2.48 bits per heavy atom. The van der Waals surface area contributed by atoms with Gasteiger partial charge in [0.05, 0.1) is 23.7 Å². The van der Waals surface area contributed by atoms with E-state index in [4.69, 9.17) is 9.47 Å². The quantitative estimate of drug-likeness (QED) is 0.591. The summed E-state index contributed by atoms with van der Waals surface area (Å²) in [7, 11) is 0. The molecule has 0 spiro atoms. The average molecular weight is 372 g/mol. The normalized spacial score (nSPS) is 15.5. The first-order chi connectivity index (χ1) is 11.8. The number of hydrogen-bond donors (Lipinski definition) is 0. The fourth-order valence-corrected chi connectivity index (χ4v) is 3.06. The molecule has 25 heavy (non-hydrogen) atoms. The molecule has 0 bridgehead atoms. The molecule has 0 atom stereocenters. The zero-order chi connectivity index (χ0) is 18.0. The first kappa shape index (κ1) is 17.6. The van der Waals surface area contributed by atoms with Crippen molar-refractivity contribution < 1.29 is 27.6 Å². The number of benzene rings is 1. The topological polar surface area (TPSA) is 74.5 Å². The Labute approximate surface area is 144 Å². The van der Waals surface area contributed by atoms with Gasteiger partial charge in [-0.2, -0.15) is 13.2 Å². The lowest BCUT2D eigenvalue weighted by atomic mass is 10.2. The fourth-order valence-electron chi connectivity index (χ4n) is 2.19. The number of nitro groups is 1. The molecule has 0 amide bonds. The van der Waals surface area contributed by atoms with Crippen LogP contribution in [0.4, 0.5) is 18.9 Å². The van der Waals surface area contributed by atoms with Gasteiger partial charge >= 0.3 is 6.18 Å². The van der Waals surface area contributed by atoms with Gasteiger partial charge in [0.2, 0.25) is 0 Å². The minimum atomic E-state index is -4.46. The second-order valence-electron chi connectivity index (χ2n) is 5.04. The smallest absolute Gasteiger partial charge is 0.346 e. The van der Waals surface area contributed by atoms with Crippen LogP contribution in [-0.4, -0.2) is 23.1 Å². The van der Waals surface area contributed by atoms with Crippen molar-refractivity contribution in [3.05, 3.63) is 57.8 Å². The highest BCUT2D eigenvalue weighted by atomic mass is 32.2. The minimum absolute atomic E-state index is 0.126. The van der Waals surface area contributed by atoms with Crippen LogP contribution in [0, 0.1) is 10.1 Å². The monoisotopic (exact) mass is 372 g/mol. The Balaban J connectivity index is 1.89. The van der Waals surface area contributed by atoms with E-state index >= 15 is 0 Å². The number of alkyl halides is 3. The zero-order valence-electron chi connectivity index (χ0n) is 12.5. The van der Waals surface area contributed by atoms with Gasteiger partial charge in [-0.1, -0.05) is 11.8 Å². The number of ether oxygens (including phenoxy) is 2. The summed E-state index contributed by atoms with van der Waals surface area (Å²) in [4.78, 5) is 14.8. The number of pyridine rings is 1. The van der Waals surface area contributed by atoms with Crippen LogP contribution in [0.15, 0.2) is 46.5 Å². The predicted molar refractivity (Wildman–Crippen MR) is 81.1 cm³/mol. The Hall–Kier alpha value is -2.17. The summed E-state index contributed by atoms with van der Waals surface area (Å²) < 4.78 is 48.6. The first-order valence-corrected chi connectivity index (χ1v) is 7.89. The fraction of sp³-hybridized carbons (Fsp3) is 0.267. The standard InChI is InChI=1S/C15H11F3N2O4S/c16-15(17,18)9-1-4-13(19-8-9)25-12-3-2-10(20(21)22)7-11(12)14-23-5-6-24-14/h1-4,7-8,14H,5-6H2. The van der Waals surface area contributed by atoms with Crippen LogP contribution in [0.3, 0.4) is 0 Å². The molecule has 0 radical (unpaired) electrons. The minimum Gasteiger partial charge on any atom is -0.346 e. The van der Waals surface area contributed by atoms with Crippen molar-refractivity contribution in [2.24, 2.45) is 0 Å². The van der Waals surface area contributed by atoms with Crippen LogP contribution >= 0.6 is 11.8 Å². The molecule has 1 fully saturated rings. The number of hydrogen-bond acceptors (Lipinski definition) is 6. The van der Waals surface area contributed by atoms with E-state index in [-0.39, 0.29) is 5.69 Å². The third-order valence-electron chi connectivity index (χ3n) is 3.36. The van der Waals surface area contributed by atoms with E-state index in [1.165, 1.54) is 24.3 Å². The molecule has 132 valence electrons. The van der Waals surface area contributed by atoms with Gasteiger partial charge in [-0.05, 0) is 18.2 Å². The van der Waals surface area contributed by atoms with Gasteiger partial charge in [-0.25, -0.2) is 4.98 Å². The highest BCUT2D eigenvalue weighted by molar-refractivity contribution is 7.99. The molecule has 6 nitrogen and oxygen atoms in total. The average Bonchev–Trinajstić information content (AvgIpc) is 3.09. The largest absolute Gasteiger partial charge is 0.417 e. The van der Waals surface area contributed by atoms with Crippen molar-refractivity contribution in [2.45, 2.75) is 22.4 Å². The van der Waals surface area contributed by atoms with Gasteiger partial charge in [-0.3, -0.25) is 10.1 Å². The highest BCUT2D eigenvalue weighted by Crippen LogP contribution is 2.38. The van der Waals surface area contributed by atoms with Crippen LogP contribution in [0.2, 0.25) is 0 Å². The number of non-ortho nitro benzene ring substituents is 1. The number of nitrogens with zero attached hydrogens (tertiary/aromatic N) is 2. The van der Waals surface area contributed by atoms with Gasteiger partial charge in [-0.15, -0.1) is 0 Å². The molecule has 3 rings (SSSR count). The molecule has 2 heterocycles. The van der Waals surface area contributed by atoms with E-state index in [1.807, 2.05) is 0 Å². The second-order valence-corrected chi connectivity index (χ2v) is 6.10. The van der Waals surface area contributed by atoms with Gasteiger partial charge in [0.15, 0.2) is 6.29 Å². The number of halogens is 3. The maximum absolute atomic E-state index is 12.6. The molecular weight excluding hydrogens is 361 g/mol. The van der Waals surface area contributed by atoms with Crippen molar-refractivity contribution in [3.63, 3.8) is 0 Å². The molecule has 1 aromatic carbocycles. The Bertz CT molecular complexity index is 777. The molecule has 0 N–H and O–H groups in total. The first-order valence-electron chi connectivity index (χ1n) is 7.07. The summed E-state index contributed by atoms with van der Waals surface area (Å²) in [6, 6.07) is 6.33.